The first kappa shape index (κ1) is 9.50. The molecule has 1 rings (SSSR count). The minimum Gasteiger partial charge on any atom is -0.387 e. The van der Waals surface area contributed by atoms with E-state index >= 15 is 0 Å². The summed E-state index contributed by atoms with van der Waals surface area (Å²) in [6.45, 7) is 3.48. The molecule has 2 N–H and O–H groups in total. The molecule has 12 heavy (non-hydrogen) atoms. The van der Waals surface area contributed by atoms with Crippen LogP contribution in [0.5, 0.6) is 0 Å². The lowest BCUT2D eigenvalue weighted by atomic mass is 9.81. The van der Waals surface area contributed by atoms with Crippen molar-refractivity contribution in [2.75, 3.05) is 13.1 Å². The van der Waals surface area contributed by atoms with E-state index in [0.717, 1.165) is 25.8 Å². The largest absolute Gasteiger partial charge is 0.387 e. The van der Waals surface area contributed by atoms with Crippen LogP contribution < -0.4 is 5.32 Å². The summed E-state index contributed by atoms with van der Waals surface area (Å²) >= 11 is 0. The van der Waals surface area contributed by atoms with Crippen LogP contribution >= 0.6 is 0 Å². The molecule has 0 aromatic rings. The molecule has 1 aliphatic heterocycles. The summed E-state index contributed by atoms with van der Waals surface area (Å²) in [7, 11) is 0. The van der Waals surface area contributed by atoms with Crippen LogP contribution in [0.15, 0.2) is 0 Å². The first-order chi connectivity index (χ1) is 5.73. The molecule has 68 valence electrons. The maximum Gasteiger partial charge on any atom is 0.0929 e. The number of hydrogen-bond donors (Lipinski definition) is 2. The normalized spacial score (nSPS) is 32.4. The number of nitriles is 1. The molecule has 1 aliphatic rings. The van der Waals surface area contributed by atoms with Crippen molar-refractivity contribution in [2.45, 2.75) is 31.8 Å². The summed E-state index contributed by atoms with van der Waals surface area (Å²) in [4.78, 5) is 0. The van der Waals surface area contributed by atoms with E-state index < -0.39 is 5.60 Å². The molecular formula is C9H16N2O. The van der Waals surface area contributed by atoms with E-state index in [1.165, 1.54) is 0 Å². The third-order valence-electron chi connectivity index (χ3n) is 2.61. The van der Waals surface area contributed by atoms with Gasteiger partial charge in [0.15, 0.2) is 0 Å². The highest BCUT2D eigenvalue weighted by Gasteiger charge is 2.36. The second-order valence-electron chi connectivity index (χ2n) is 3.47. The van der Waals surface area contributed by atoms with Crippen LogP contribution in [0.3, 0.4) is 0 Å². The van der Waals surface area contributed by atoms with Crippen molar-refractivity contribution in [1.82, 2.24) is 5.32 Å². The van der Waals surface area contributed by atoms with Gasteiger partial charge in [-0.15, -0.1) is 0 Å². The zero-order valence-electron chi connectivity index (χ0n) is 7.51. The summed E-state index contributed by atoms with van der Waals surface area (Å²) in [6, 6.07) is 2.17. The van der Waals surface area contributed by atoms with Crippen LogP contribution in [0.4, 0.5) is 0 Å². The van der Waals surface area contributed by atoms with Gasteiger partial charge >= 0.3 is 0 Å². The number of β-amino-alcohol motifs (C(OH)–C–C–N with tert-alkyl or cyclic N) is 1. The second kappa shape index (κ2) is 3.88. The fourth-order valence-electron chi connectivity index (χ4n) is 1.80. The number of aliphatic hydroxyl groups is 1. The van der Waals surface area contributed by atoms with Crippen LogP contribution in [0.1, 0.15) is 26.2 Å². The van der Waals surface area contributed by atoms with Gasteiger partial charge in [-0.25, -0.2) is 0 Å². The summed E-state index contributed by atoms with van der Waals surface area (Å²) < 4.78 is 0. The molecule has 0 saturated carbocycles. The van der Waals surface area contributed by atoms with E-state index in [1.54, 1.807) is 0 Å². The van der Waals surface area contributed by atoms with Gasteiger partial charge in [0.25, 0.3) is 0 Å². The highest BCUT2D eigenvalue weighted by Crippen LogP contribution is 2.26. The lowest BCUT2D eigenvalue weighted by molar-refractivity contribution is -0.0196. The van der Waals surface area contributed by atoms with Gasteiger partial charge < -0.3 is 10.4 Å². The van der Waals surface area contributed by atoms with Gasteiger partial charge in [0.05, 0.1) is 17.6 Å². The molecule has 0 spiro atoms. The van der Waals surface area contributed by atoms with Gasteiger partial charge in [-0.05, 0) is 25.8 Å². The molecule has 0 bridgehead atoms. The molecule has 3 heteroatoms. The Labute approximate surface area is 73.4 Å². The molecule has 0 aromatic carbocycles. The van der Waals surface area contributed by atoms with Crippen LogP contribution in [-0.2, 0) is 0 Å². The average molecular weight is 168 g/mol. The Morgan fingerprint density at radius 2 is 2.50 bits per heavy atom. The zero-order valence-corrected chi connectivity index (χ0v) is 7.51. The fourth-order valence-corrected chi connectivity index (χ4v) is 1.80. The topological polar surface area (TPSA) is 56.0 Å². The average Bonchev–Trinajstić information content (AvgIpc) is 2.07. The Bertz CT molecular complexity index is 179. The molecule has 3 nitrogen and oxygen atoms in total. The van der Waals surface area contributed by atoms with Crippen molar-refractivity contribution in [1.29, 1.82) is 5.26 Å². The minimum atomic E-state index is -0.776. The summed E-state index contributed by atoms with van der Waals surface area (Å²) in [5, 5.41) is 22.0. The smallest absolute Gasteiger partial charge is 0.0929 e. The van der Waals surface area contributed by atoms with E-state index in [9.17, 15) is 5.11 Å². The van der Waals surface area contributed by atoms with Crippen molar-refractivity contribution in [3.63, 3.8) is 0 Å². The van der Waals surface area contributed by atoms with Crippen LogP contribution in [0.25, 0.3) is 0 Å². The maximum atomic E-state index is 10.0. The second-order valence-corrected chi connectivity index (χ2v) is 3.47. The molecule has 0 radical (unpaired) electrons. The molecule has 0 aromatic heterocycles. The third-order valence-corrected chi connectivity index (χ3v) is 2.61. The van der Waals surface area contributed by atoms with Crippen molar-refractivity contribution in [2.24, 2.45) is 5.92 Å². The predicted molar refractivity (Wildman–Crippen MR) is 46.4 cm³/mol. The SMILES string of the molecule is CCC(C#N)C1(O)CCCNC1. The first-order valence-electron chi connectivity index (χ1n) is 4.55. The number of piperidine rings is 1. The molecule has 1 heterocycles. The molecule has 0 aliphatic carbocycles. The van der Waals surface area contributed by atoms with Crippen molar-refractivity contribution >= 4 is 0 Å². The fraction of sp³-hybridized carbons (Fsp3) is 0.889. The maximum absolute atomic E-state index is 10.0. The van der Waals surface area contributed by atoms with Crippen molar-refractivity contribution in [3.05, 3.63) is 0 Å². The van der Waals surface area contributed by atoms with E-state index in [0.29, 0.717) is 6.54 Å². The van der Waals surface area contributed by atoms with E-state index in [-0.39, 0.29) is 5.92 Å². The molecule has 1 fully saturated rings. The Morgan fingerprint density at radius 1 is 1.75 bits per heavy atom. The van der Waals surface area contributed by atoms with E-state index in [1.807, 2.05) is 6.92 Å². The number of nitrogens with one attached hydrogen (secondary N) is 1. The Morgan fingerprint density at radius 3 is 2.92 bits per heavy atom. The van der Waals surface area contributed by atoms with Gasteiger partial charge in [0, 0.05) is 6.54 Å². The molecule has 0 amide bonds. The standard InChI is InChI=1S/C9H16N2O/c1-2-8(6-10)9(12)4-3-5-11-7-9/h8,11-12H,2-5,7H2,1H3. The van der Waals surface area contributed by atoms with Crippen LogP contribution in [-0.4, -0.2) is 23.8 Å². The van der Waals surface area contributed by atoms with Gasteiger partial charge in [0.1, 0.15) is 0 Å². The van der Waals surface area contributed by atoms with E-state index in [4.69, 9.17) is 5.26 Å². The third kappa shape index (κ3) is 1.77. The number of hydrogen-bond acceptors (Lipinski definition) is 3. The summed E-state index contributed by atoms with van der Waals surface area (Å²) in [6.07, 6.45) is 2.45. The first-order valence-corrected chi connectivity index (χ1v) is 4.55. The predicted octanol–water partition coefficient (Wildman–Crippen LogP) is 0.651. The van der Waals surface area contributed by atoms with Gasteiger partial charge in [-0.1, -0.05) is 6.92 Å². The monoisotopic (exact) mass is 168 g/mol. The molecule has 2 atom stereocenters. The molecule has 2 unspecified atom stereocenters. The van der Waals surface area contributed by atoms with Gasteiger partial charge in [-0.2, -0.15) is 5.26 Å². The minimum absolute atomic E-state index is 0.217. The Balaban J connectivity index is 2.61. The summed E-state index contributed by atoms with van der Waals surface area (Å²) in [5.74, 6) is -0.217. The lowest BCUT2D eigenvalue weighted by Gasteiger charge is -2.35. The quantitative estimate of drug-likeness (QED) is 0.636. The van der Waals surface area contributed by atoms with Crippen LogP contribution in [0, 0.1) is 17.2 Å². The lowest BCUT2D eigenvalue weighted by Crippen LogP contribution is -2.50. The highest BCUT2D eigenvalue weighted by molar-refractivity contribution is 5.00. The number of nitrogens with zero attached hydrogens (tertiary/aromatic N) is 1. The van der Waals surface area contributed by atoms with Crippen molar-refractivity contribution in [3.8, 4) is 6.07 Å². The Hall–Kier alpha value is -0.590. The molecule has 1 saturated heterocycles. The highest BCUT2D eigenvalue weighted by atomic mass is 16.3. The zero-order chi connectivity index (χ0) is 9.03. The van der Waals surface area contributed by atoms with Crippen LogP contribution in [0.2, 0.25) is 0 Å². The van der Waals surface area contributed by atoms with Gasteiger partial charge in [-0.3, -0.25) is 0 Å². The van der Waals surface area contributed by atoms with Crippen molar-refractivity contribution < 1.29 is 5.11 Å². The Kier molecular flexibility index (Phi) is 3.07. The molecular weight excluding hydrogens is 152 g/mol. The van der Waals surface area contributed by atoms with Gasteiger partial charge in [0.2, 0.25) is 0 Å². The van der Waals surface area contributed by atoms with E-state index in [2.05, 4.69) is 11.4 Å². The number of rotatable bonds is 2. The summed E-state index contributed by atoms with van der Waals surface area (Å²) in [5.41, 5.74) is -0.776.